The number of aliphatic hydroxyl groups is 1. The van der Waals surface area contributed by atoms with E-state index in [1.54, 1.807) is 58.0 Å². The summed E-state index contributed by atoms with van der Waals surface area (Å²) in [5.41, 5.74) is 8.13. The highest BCUT2D eigenvalue weighted by Crippen LogP contribution is 2.23. The number of carbonyl (C=O) groups is 7. The Hall–Kier alpha value is -5.16. The van der Waals surface area contributed by atoms with Gasteiger partial charge in [-0.15, -0.1) is 0 Å². The largest absolute Gasteiger partial charge is 0.508 e. The average molecular weight is 898 g/mol. The highest BCUT2D eigenvalue weighted by molar-refractivity contribution is 7.98. The first kappa shape index (κ1) is 54.0. The number of amides is 7. The molecule has 10 atom stereocenters. The van der Waals surface area contributed by atoms with Gasteiger partial charge in [0.05, 0.1) is 6.04 Å². The van der Waals surface area contributed by atoms with Crippen molar-refractivity contribution in [2.45, 2.75) is 143 Å². The average Bonchev–Trinajstić information content (AvgIpc) is 3.24. The quantitative estimate of drug-likeness (QED) is 0.0667. The summed E-state index contributed by atoms with van der Waals surface area (Å²) in [5.74, 6) is -5.29. The van der Waals surface area contributed by atoms with Crippen molar-refractivity contribution in [2.75, 3.05) is 12.0 Å². The van der Waals surface area contributed by atoms with Gasteiger partial charge in [-0.05, 0) is 90.8 Å². The molecule has 0 unspecified atom stereocenters. The topological polar surface area (TPSA) is 258 Å². The van der Waals surface area contributed by atoms with Crippen LogP contribution in [0.15, 0.2) is 42.5 Å². The van der Waals surface area contributed by atoms with E-state index in [0.717, 1.165) is 0 Å². The van der Waals surface area contributed by atoms with Gasteiger partial charge in [0, 0.05) is 13.3 Å². The fourth-order valence-corrected chi connectivity index (χ4v) is 7.60. The lowest BCUT2D eigenvalue weighted by Crippen LogP contribution is -2.62. The van der Waals surface area contributed by atoms with Gasteiger partial charge < -0.3 is 47.8 Å². The van der Waals surface area contributed by atoms with Crippen LogP contribution in [-0.2, 0) is 46.4 Å². The molecule has 7 amide bonds. The molecule has 0 heterocycles. The number of aryl methyl sites for hydroxylation is 2. The number of rotatable bonds is 26. The van der Waals surface area contributed by atoms with Crippen LogP contribution in [0.2, 0.25) is 0 Å². The van der Waals surface area contributed by atoms with E-state index in [1.165, 1.54) is 30.8 Å². The van der Waals surface area contributed by atoms with Crippen molar-refractivity contribution < 1.29 is 43.8 Å². The normalized spacial score (nSPS) is 16.0. The fourth-order valence-electron chi connectivity index (χ4n) is 7.13. The fraction of sp³-hybridized carbons (Fsp3) is 0.587. The summed E-state index contributed by atoms with van der Waals surface area (Å²) in [6.07, 6.45) is 1.57. The van der Waals surface area contributed by atoms with Gasteiger partial charge >= 0.3 is 0 Å². The second-order valence-electron chi connectivity index (χ2n) is 16.6. The van der Waals surface area contributed by atoms with Crippen LogP contribution >= 0.6 is 11.8 Å². The highest BCUT2D eigenvalue weighted by atomic mass is 32.2. The number of primary amides is 1. The molecule has 350 valence electrons. The molecule has 0 aromatic heterocycles. The molecule has 0 aliphatic carbocycles. The first-order valence-corrected chi connectivity index (χ1v) is 23.2. The van der Waals surface area contributed by atoms with Crippen LogP contribution in [0.4, 0.5) is 0 Å². The van der Waals surface area contributed by atoms with Gasteiger partial charge in [-0.2, -0.15) is 11.8 Å². The van der Waals surface area contributed by atoms with Crippen molar-refractivity contribution >= 4 is 53.1 Å². The number of phenolic OH excluding ortho intramolecular Hbond substituents is 1. The van der Waals surface area contributed by atoms with Crippen molar-refractivity contribution in [3.63, 3.8) is 0 Å². The number of benzene rings is 2. The van der Waals surface area contributed by atoms with Crippen LogP contribution < -0.4 is 37.6 Å². The standard InChI is InChI=1S/C46H71N7O9S/c1-11-25(4)37(48-30(9)54)45(61)53-39(27(6)13-3)44(60)50-35(23-31-17-15-14-16-18-31)40(56)46(62)51-36(24-33-28(7)21-32(55)22-29(33)8)42(58)52-38(26(5)12-2)43(59)49-34(41(47)57)19-20-63-10/h14-18,21-22,25-27,34-40,55-56H,11-13,19-20,23-24H2,1-10H3,(H2,47,57)(H,48,54)(H,49,59)(H,50,60)(H,51,62)(H,52,58)(H,53,61)/t25-,26-,27-,34-,35-,36-,37-,38-,39-,40-/m0/s1. The molecule has 0 fully saturated rings. The predicted molar refractivity (Wildman–Crippen MR) is 245 cm³/mol. The van der Waals surface area contributed by atoms with E-state index in [9.17, 15) is 43.8 Å². The minimum atomic E-state index is -1.94. The molecule has 2 rings (SSSR count). The zero-order chi connectivity index (χ0) is 47.6. The smallest absolute Gasteiger partial charge is 0.251 e. The Morgan fingerprint density at radius 1 is 0.651 bits per heavy atom. The molecule has 2 aromatic carbocycles. The number of hydrogen-bond acceptors (Lipinski definition) is 10. The summed E-state index contributed by atoms with van der Waals surface area (Å²) in [4.78, 5) is 94.5. The molecular weight excluding hydrogens is 827 g/mol. The Balaban J connectivity index is 2.58. The van der Waals surface area contributed by atoms with E-state index in [4.69, 9.17) is 5.73 Å². The highest BCUT2D eigenvalue weighted by Gasteiger charge is 2.37. The summed E-state index contributed by atoms with van der Waals surface area (Å²) in [7, 11) is 0. The van der Waals surface area contributed by atoms with Crippen molar-refractivity contribution in [1.82, 2.24) is 31.9 Å². The Bertz CT molecular complexity index is 1840. The van der Waals surface area contributed by atoms with Crippen LogP contribution in [0.25, 0.3) is 0 Å². The van der Waals surface area contributed by atoms with Crippen LogP contribution in [0.5, 0.6) is 5.75 Å². The van der Waals surface area contributed by atoms with Gasteiger partial charge in [-0.25, -0.2) is 0 Å². The van der Waals surface area contributed by atoms with Crippen LogP contribution in [0.3, 0.4) is 0 Å². The Morgan fingerprint density at radius 2 is 1.11 bits per heavy atom. The van der Waals surface area contributed by atoms with E-state index >= 15 is 0 Å². The van der Waals surface area contributed by atoms with Gasteiger partial charge in [0.1, 0.15) is 36.0 Å². The minimum Gasteiger partial charge on any atom is -0.508 e. The number of aliphatic hydroxyl groups excluding tert-OH is 1. The van der Waals surface area contributed by atoms with E-state index in [0.29, 0.717) is 47.3 Å². The molecule has 0 saturated carbocycles. The van der Waals surface area contributed by atoms with Gasteiger partial charge in [0.25, 0.3) is 5.91 Å². The zero-order valence-electron chi connectivity index (χ0n) is 38.5. The number of nitrogens with one attached hydrogen (secondary N) is 6. The Morgan fingerprint density at radius 3 is 1.59 bits per heavy atom. The van der Waals surface area contributed by atoms with E-state index in [2.05, 4.69) is 31.9 Å². The van der Waals surface area contributed by atoms with Crippen LogP contribution in [0, 0.1) is 31.6 Å². The second kappa shape index (κ2) is 26.5. The van der Waals surface area contributed by atoms with Crippen molar-refractivity contribution in [1.29, 1.82) is 0 Å². The molecule has 17 heteroatoms. The maximum absolute atomic E-state index is 14.4. The molecule has 0 saturated heterocycles. The minimum absolute atomic E-state index is 0.00471. The lowest BCUT2D eigenvalue weighted by Gasteiger charge is -2.32. The van der Waals surface area contributed by atoms with Gasteiger partial charge in [-0.3, -0.25) is 33.6 Å². The van der Waals surface area contributed by atoms with Crippen molar-refractivity contribution in [3.8, 4) is 5.75 Å². The van der Waals surface area contributed by atoms with E-state index in [1.807, 2.05) is 34.0 Å². The van der Waals surface area contributed by atoms with Gasteiger partial charge in [-0.1, -0.05) is 91.1 Å². The molecule has 2 aromatic rings. The summed E-state index contributed by atoms with van der Waals surface area (Å²) in [6.45, 7) is 15.7. The second-order valence-corrected chi connectivity index (χ2v) is 17.6. The Labute approximate surface area is 376 Å². The number of carbonyl (C=O) groups excluding carboxylic acids is 7. The summed E-state index contributed by atoms with van der Waals surface area (Å²) < 4.78 is 0. The molecule has 0 spiro atoms. The first-order chi connectivity index (χ1) is 29.7. The number of hydrogen-bond donors (Lipinski definition) is 9. The van der Waals surface area contributed by atoms with Crippen molar-refractivity contribution in [3.05, 3.63) is 64.7 Å². The molecule has 0 bridgehead atoms. The predicted octanol–water partition coefficient (Wildman–Crippen LogP) is 2.46. The lowest BCUT2D eigenvalue weighted by atomic mass is 9.93. The van der Waals surface area contributed by atoms with Crippen LogP contribution in [0.1, 0.15) is 96.4 Å². The third-order valence-corrected chi connectivity index (χ3v) is 12.4. The number of phenols is 1. The van der Waals surface area contributed by atoms with E-state index in [-0.39, 0.29) is 30.9 Å². The Kier molecular flexibility index (Phi) is 22.7. The maximum Gasteiger partial charge on any atom is 0.251 e. The molecule has 10 N–H and O–H groups in total. The van der Waals surface area contributed by atoms with Gasteiger partial charge in [0.2, 0.25) is 35.4 Å². The van der Waals surface area contributed by atoms with Gasteiger partial charge in [0.15, 0.2) is 6.10 Å². The molecule has 16 nitrogen and oxygen atoms in total. The van der Waals surface area contributed by atoms with Crippen LogP contribution in [-0.4, -0.2) is 106 Å². The third-order valence-electron chi connectivity index (χ3n) is 11.7. The summed E-state index contributed by atoms with van der Waals surface area (Å²) in [6, 6.07) is 5.06. The summed E-state index contributed by atoms with van der Waals surface area (Å²) >= 11 is 1.48. The molecule has 0 aliphatic heterocycles. The molecular formula is C46H71N7O9S. The number of thioether (sulfide) groups is 1. The number of nitrogens with two attached hydrogens (primary N) is 1. The van der Waals surface area contributed by atoms with Crippen molar-refractivity contribution in [2.24, 2.45) is 23.5 Å². The third kappa shape index (κ3) is 16.8. The first-order valence-electron chi connectivity index (χ1n) is 21.8. The van der Waals surface area contributed by atoms with E-state index < -0.39 is 95.5 Å². The molecule has 0 aliphatic rings. The summed E-state index contributed by atoms with van der Waals surface area (Å²) in [5, 5.41) is 38.5. The lowest BCUT2D eigenvalue weighted by molar-refractivity contribution is -0.138. The zero-order valence-corrected chi connectivity index (χ0v) is 39.3. The SMILES string of the molecule is CC[C@H](C)[C@H](NC(C)=O)C(=O)N[C@H](C(=O)N[C@@H](Cc1ccccc1)[C@H](O)C(=O)N[C@@H](Cc1c(C)cc(O)cc1C)C(=O)N[C@H](C(=O)N[C@@H](CCSC)C(N)=O)[C@@H](C)CC)[C@@H](C)CC. The monoisotopic (exact) mass is 898 g/mol. The number of aromatic hydroxyl groups is 1. The molecule has 63 heavy (non-hydrogen) atoms. The molecule has 0 radical (unpaired) electrons. The maximum atomic E-state index is 14.4.